The van der Waals surface area contributed by atoms with Gasteiger partial charge in [0.05, 0.1) is 12.7 Å². The molecule has 2 aromatic carbocycles. The Morgan fingerprint density at radius 1 is 1.16 bits per heavy atom. The molecule has 1 saturated heterocycles. The van der Waals surface area contributed by atoms with Crippen LogP contribution in [0.1, 0.15) is 29.8 Å². The number of carbonyl (C=O) groups excluding carboxylic acids is 1. The molecule has 1 atom stereocenters. The average molecular weight is 429 g/mol. The Morgan fingerprint density at radius 3 is 2.71 bits per heavy atom. The molecule has 0 spiro atoms. The first-order valence-electron chi connectivity index (χ1n) is 10.8. The lowest BCUT2D eigenvalue weighted by molar-refractivity contribution is -0.0438. The molecule has 6 nitrogen and oxygen atoms in total. The van der Waals surface area contributed by atoms with Gasteiger partial charge in [0.2, 0.25) is 6.79 Å². The van der Waals surface area contributed by atoms with Crippen molar-refractivity contribution in [3.05, 3.63) is 59.4 Å². The minimum absolute atomic E-state index is 0.0359. The van der Waals surface area contributed by atoms with Crippen molar-refractivity contribution in [1.29, 1.82) is 0 Å². The molecule has 0 N–H and O–H groups in total. The maximum Gasteiger partial charge on any atom is 0.254 e. The lowest BCUT2D eigenvalue weighted by Crippen LogP contribution is -2.49. The molecule has 0 bridgehead atoms. The van der Waals surface area contributed by atoms with Gasteiger partial charge in [-0.25, -0.2) is 4.39 Å². The summed E-state index contributed by atoms with van der Waals surface area (Å²) in [4.78, 5) is 17.4. The Hall–Kier alpha value is -2.64. The number of morpholine rings is 1. The van der Waals surface area contributed by atoms with E-state index in [4.69, 9.17) is 14.2 Å². The van der Waals surface area contributed by atoms with Gasteiger partial charge in [0.1, 0.15) is 5.82 Å². The first-order valence-corrected chi connectivity index (χ1v) is 10.8. The summed E-state index contributed by atoms with van der Waals surface area (Å²) >= 11 is 0. The Bertz CT molecular complexity index is 903. The largest absolute Gasteiger partial charge is 0.454 e. The van der Waals surface area contributed by atoms with Gasteiger partial charge in [-0.1, -0.05) is 26.0 Å². The van der Waals surface area contributed by atoms with Crippen molar-refractivity contribution >= 4 is 5.91 Å². The zero-order valence-corrected chi connectivity index (χ0v) is 18.1. The van der Waals surface area contributed by atoms with Gasteiger partial charge in [0, 0.05) is 38.3 Å². The number of carbonyl (C=O) groups is 1. The van der Waals surface area contributed by atoms with Crippen LogP contribution in [0.15, 0.2) is 42.5 Å². The molecule has 0 saturated carbocycles. The van der Waals surface area contributed by atoms with Crippen LogP contribution in [0.3, 0.4) is 0 Å². The van der Waals surface area contributed by atoms with E-state index in [0.717, 1.165) is 25.2 Å². The van der Waals surface area contributed by atoms with Crippen molar-refractivity contribution in [1.82, 2.24) is 9.80 Å². The summed E-state index contributed by atoms with van der Waals surface area (Å²) in [6.07, 6.45) is -0.0779. The molecule has 2 aliphatic heterocycles. The second-order valence-corrected chi connectivity index (χ2v) is 8.53. The quantitative estimate of drug-likeness (QED) is 0.675. The van der Waals surface area contributed by atoms with E-state index in [1.54, 1.807) is 18.2 Å². The van der Waals surface area contributed by atoms with E-state index < -0.39 is 0 Å². The highest BCUT2D eigenvalue weighted by molar-refractivity contribution is 5.95. The van der Waals surface area contributed by atoms with Crippen molar-refractivity contribution in [2.45, 2.75) is 26.5 Å². The predicted octanol–water partition coefficient (Wildman–Crippen LogP) is 3.55. The molecule has 2 aliphatic rings. The molecule has 0 aromatic heterocycles. The lowest BCUT2D eigenvalue weighted by atomic mass is 10.1. The summed E-state index contributed by atoms with van der Waals surface area (Å²) in [5.41, 5.74) is 1.65. The highest BCUT2D eigenvalue weighted by Crippen LogP contribution is 2.33. The number of hydrogen-bond donors (Lipinski definition) is 0. The summed E-state index contributed by atoms with van der Waals surface area (Å²) in [7, 11) is 0. The molecular formula is C24H29FN2O4. The van der Waals surface area contributed by atoms with Crippen LogP contribution in [0.25, 0.3) is 0 Å². The maximum atomic E-state index is 13.3. The van der Waals surface area contributed by atoms with Crippen LogP contribution < -0.4 is 9.47 Å². The number of fused-ring (bicyclic) bond motifs is 1. The maximum absolute atomic E-state index is 13.3. The van der Waals surface area contributed by atoms with Crippen LogP contribution in [0.5, 0.6) is 11.5 Å². The second kappa shape index (κ2) is 9.66. The Labute approximate surface area is 182 Å². The summed E-state index contributed by atoms with van der Waals surface area (Å²) in [5.74, 6) is 1.34. The molecular weight excluding hydrogens is 399 g/mol. The van der Waals surface area contributed by atoms with Crippen molar-refractivity contribution in [2.24, 2.45) is 5.92 Å². The smallest absolute Gasteiger partial charge is 0.254 e. The van der Waals surface area contributed by atoms with Crippen molar-refractivity contribution < 1.29 is 23.4 Å². The normalized spacial score (nSPS) is 18.4. The SMILES string of the molecule is CC(C)CN(C[C@H]1CN(Cc2ccc(F)cc2)CCO1)C(=O)c1ccc2c(c1)OCO2. The molecule has 0 aliphatic carbocycles. The molecule has 1 amide bonds. The fourth-order valence-electron chi connectivity index (χ4n) is 4.02. The average Bonchev–Trinajstić information content (AvgIpc) is 3.22. The standard InChI is InChI=1S/C24H29FN2O4/c1-17(2)12-27(24(28)19-5-8-22-23(11-19)31-16-30-22)15-21-14-26(9-10-29-21)13-18-3-6-20(25)7-4-18/h3-8,11,17,21H,9-10,12-16H2,1-2H3/t21-/m1/s1. The molecule has 0 unspecified atom stereocenters. The topological polar surface area (TPSA) is 51.2 Å². The zero-order valence-electron chi connectivity index (χ0n) is 18.1. The van der Waals surface area contributed by atoms with E-state index >= 15 is 0 Å². The van der Waals surface area contributed by atoms with E-state index in [-0.39, 0.29) is 24.6 Å². The molecule has 0 radical (unpaired) electrons. The van der Waals surface area contributed by atoms with Gasteiger partial charge < -0.3 is 19.1 Å². The lowest BCUT2D eigenvalue weighted by Gasteiger charge is -2.36. The Kier molecular flexibility index (Phi) is 6.73. The first kappa shape index (κ1) is 21.6. The number of rotatable bonds is 7. The summed E-state index contributed by atoms with van der Waals surface area (Å²) in [6.45, 7) is 8.43. The van der Waals surface area contributed by atoms with Gasteiger partial charge >= 0.3 is 0 Å². The minimum atomic E-state index is -0.227. The second-order valence-electron chi connectivity index (χ2n) is 8.53. The van der Waals surface area contributed by atoms with Crippen LogP contribution in [0.4, 0.5) is 4.39 Å². The number of halogens is 1. The molecule has 2 heterocycles. The zero-order chi connectivity index (χ0) is 21.8. The van der Waals surface area contributed by atoms with Gasteiger partial charge in [0.15, 0.2) is 11.5 Å². The fraction of sp³-hybridized carbons (Fsp3) is 0.458. The third-order valence-corrected chi connectivity index (χ3v) is 5.46. The molecule has 166 valence electrons. The number of nitrogens with zero attached hydrogens (tertiary/aromatic N) is 2. The van der Waals surface area contributed by atoms with E-state index in [9.17, 15) is 9.18 Å². The van der Waals surface area contributed by atoms with E-state index in [2.05, 4.69) is 18.7 Å². The van der Waals surface area contributed by atoms with Crippen LogP contribution in [-0.2, 0) is 11.3 Å². The third-order valence-electron chi connectivity index (χ3n) is 5.46. The monoisotopic (exact) mass is 428 g/mol. The highest BCUT2D eigenvalue weighted by Gasteiger charge is 2.27. The van der Waals surface area contributed by atoms with Crippen molar-refractivity contribution in [3.63, 3.8) is 0 Å². The third kappa shape index (κ3) is 5.54. The molecule has 7 heteroatoms. The molecule has 31 heavy (non-hydrogen) atoms. The van der Waals surface area contributed by atoms with E-state index in [1.807, 2.05) is 17.0 Å². The Balaban J connectivity index is 1.42. The summed E-state index contributed by atoms with van der Waals surface area (Å²) in [5, 5.41) is 0. The van der Waals surface area contributed by atoms with Crippen molar-refractivity contribution in [3.8, 4) is 11.5 Å². The number of amides is 1. The van der Waals surface area contributed by atoms with E-state index in [0.29, 0.717) is 42.7 Å². The fourth-order valence-corrected chi connectivity index (χ4v) is 4.02. The molecule has 1 fully saturated rings. The molecule has 4 rings (SSSR count). The van der Waals surface area contributed by atoms with Gasteiger partial charge in [-0.15, -0.1) is 0 Å². The number of ether oxygens (including phenoxy) is 3. The number of hydrogen-bond acceptors (Lipinski definition) is 5. The van der Waals surface area contributed by atoms with Crippen LogP contribution >= 0.6 is 0 Å². The highest BCUT2D eigenvalue weighted by atomic mass is 19.1. The number of benzene rings is 2. The van der Waals surface area contributed by atoms with Gasteiger partial charge in [-0.3, -0.25) is 9.69 Å². The summed E-state index contributed by atoms with van der Waals surface area (Å²) < 4.78 is 30.0. The molecule has 2 aromatic rings. The van der Waals surface area contributed by atoms with Gasteiger partial charge in [-0.2, -0.15) is 0 Å². The van der Waals surface area contributed by atoms with Gasteiger partial charge in [-0.05, 0) is 41.8 Å². The van der Waals surface area contributed by atoms with Gasteiger partial charge in [0.25, 0.3) is 5.91 Å². The minimum Gasteiger partial charge on any atom is -0.454 e. The first-order chi connectivity index (χ1) is 15.0. The predicted molar refractivity (Wildman–Crippen MR) is 115 cm³/mol. The van der Waals surface area contributed by atoms with Crippen molar-refractivity contribution in [2.75, 3.05) is 39.6 Å². The van der Waals surface area contributed by atoms with Crippen LogP contribution in [0, 0.1) is 11.7 Å². The summed E-state index contributed by atoms with van der Waals surface area (Å²) in [6, 6.07) is 11.9. The Morgan fingerprint density at radius 2 is 1.94 bits per heavy atom. The van der Waals surface area contributed by atoms with Crippen LogP contribution in [0.2, 0.25) is 0 Å². The van der Waals surface area contributed by atoms with Crippen LogP contribution in [-0.4, -0.2) is 61.4 Å². The van der Waals surface area contributed by atoms with E-state index in [1.165, 1.54) is 12.1 Å².